The average molecular weight is 238 g/mol. The Morgan fingerprint density at radius 3 is 2.41 bits per heavy atom. The Kier molecular flexibility index (Phi) is 4.47. The lowest BCUT2D eigenvalue weighted by atomic mass is 10.2. The summed E-state index contributed by atoms with van der Waals surface area (Å²) >= 11 is 0. The van der Waals surface area contributed by atoms with Crippen molar-refractivity contribution < 1.29 is 19.8 Å². The number of benzene rings is 1. The summed E-state index contributed by atoms with van der Waals surface area (Å²) in [5, 5.41) is 22.1. The number of carboxylic acids is 1. The molecule has 17 heavy (non-hydrogen) atoms. The number of aliphatic carboxylic acids is 1. The first-order chi connectivity index (χ1) is 7.99. The second-order valence-corrected chi connectivity index (χ2v) is 3.56. The van der Waals surface area contributed by atoms with Gasteiger partial charge in [-0.15, -0.1) is 0 Å². The highest BCUT2D eigenvalue weighted by Gasteiger charge is 2.13. The molecule has 0 spiro atoms. The van der Waals surface area contributed by atoms with Crippen molar-refractivity contribution in [3.8, 4) is 0 Å². The smallest absolute Gasteiger partial charge is 0.334 e. The van der Waals surface area contributed by atoms with Gasteiger partial charge >= 0.3 is 12.0 Å². The fourth-order valence-corrected chi connectivity index (χ4v) is 1.09. The summed E-state index contributed by atoms with van der Waals surface area (Å²) in [5.74, 6) is -1.37. The van der Waals surface area contributed by atoms with Crippen LogP contribution >= 0.6 is 0 Å². The molecule has 92 valence electrons. The summed E-state index contributed by atoms with van der Waals surface area (Å²) in [5.41, 5.74) is 1.66. The summed E-state index contributed by atoms with van der Waals surface area (Å²) in [6.45, 7) is 1.58. The number of carbonyl (C=O) groups excluding carboxylic acids is 1. The minimum Gasteiger partial charge on any atom is -0.479 e. The number of rotatable bonds is 4. The Bertz CT molecular complexity index is 402. The van der Waals surface area contributed by atoms with Gasteiger partial charge in [0, 0.05) is 5.69 Å². The van der Waals surface area contributed by atoms with Crippen LogP contribution in [0.4, 0.5) is 10.5 Å². The van der Waals surface area contributed by atoms with Gasteiger partial charge in [0.05, 0.1) is 6.54 Å². The number of nitrogens with one attached hydrogen (secondary N) is 2. The molecular formula is C11H14N2O4. The van der Waals surface area contributed by atoms with E-state index in [9.17, 15) is 9.59 Å². The van der Waals surface area contributed by atoms with Gasteiger partial charge in [-0.2, -0.15) is 0 Å². The number of aliphatic hydroxyl groups is 1. The predicted octanol–water partition coefficient (Wildman–Crippen LogP) is 0.562. The van der Waals surface area contributed by atoms with Gasteiger partial charge < -0.3 is 20.8 Å². The van der Waals surface area contributed by atoms with Crippen molar-refractivity contribution in [1.82, 2.24) is 5.32 Å². The van der Waals surface area contributed by atoms with E-state index in [1.165, 1.54) is 0 Å². The lowest BCUT2D eigenvalue weighted by Gasteiger charge is -2.09. The molecule has 0 bridgehead atoms. The number of anilines is 1. The largest absolute Gasteiger partial charge is 0.479 e. The number of aryl methyl sites for hydroxylation is 1. The number of aliphatic hydroxyl groups excluding tert-OH is 1. The third-order valence-corrected chi connectivity index (χ3v) is 2.05. The van der Waals surface area contributed by atoms with Crippen LogP contribution in [0.1, 0.15) is 5.56 Å². The van der Waals surface area contributed by atoms with Crippen LogP contribution in [0, 0.1) is 6.92 Å². The standard InChI is InChI=1S/C11H14N2O4/c1-7-2-4-8(5-3-7)13-11(17)12-6-9(14)10(15)16/h2-5,9,14H,6H2,1H3,(H,15,16)(H2,12,13,17)/t9-/m0/s1. The zero-order valence-electron chi connectivity index (χ0n) is 9.30. The first-order valence-electron chi connectivity index (χ1n) is 5.01. The van der Waals surface area contributed by atoms with Crippen molar-refractivity contribution in [2.24, 2.45) is 0 Å². The Morgan fingerprint density at radius 1 is 1.29 bits per heavy atom. The maximum atomic E-state index is 11.3. The molecule has 0 saturated carbocycles. The molecule has 1 rings (SSSR count). The van der Waals surface area contributed by atoms with E-state index < -0.39 is 18.1 Å². The number of hydrogen-bond donors (Lipinski definition) is 4. The molecule has 0 aliphatic rings. The fourth-order valence-electron chi connectivity index (χ4n) is 1.09. The third-order valence-electron chi connectivity index (χ3n) is 2.05. The molecule has 6 heteroatoms. The molecule has 1 aromatic rings. The van der Waals surface area contributed by atoms with Gasteiger partial charge in [-0.3, -0.25) is 0 Å². The van der Waals surface area contributed by atoms with Gasteiger partial charge in [-0.25, -0.2) is 9.59 Å². The highest BCUT2D eigenvalue weighted by Crippen LogP contribution is 2.07. The highest BCUT2D eigenvalue weighted by molar-refractivity contribution is 5.89. The number of amides is 2. The van der Waals surface area contributed by atoms with Crippen LogP contribution in [-0.4, -0.2) is 34.9 Å². The van der Waals surface area contributed by atoms with E-state index >= 15 is 0 Å². The predicted molar refractivity (Wildman–Crippen MR) is 61.8 cm³/mol. The second-order valence-electron chi connectivity index (χ2n) is 3.56. The van der Waals surface area contributed by atoms with Crippen molar-refractivity contribution in [3.05, 3.63) is 29.8 Å². The zero-order chi connectivity index (χ0) is 12.8. The molecule has 0 aliphatic carbocycles. The van der Waals surface area contributed by atoms with Crippen LogP contribution in [-0.2, 0) is 4.79 Å². The van der Waals surface area contributed by atoms with Gasteiger partial charge in [-0.05, 0) is 19.1 Å². The van der Waals surface area contributed by atoms with Crippen molar-refractivity contribution in [2.75, 3.05) is 11.9 Å². The van der Waals surface area contributed by atoms with Gasteiger partial charge in [0.1, 0.15) is 0 Å². The number of urea groups is 1. The van der Waals surface area contributed by atoms with Crippen LogP contribution in [0.15, 0.2) is 24.3 Å². The molecule has 6 nitrogen and oxygen atoms in total. The monoisotopic (exact) mass is 238 g/mol. The fraction of sp³-hybridized carbons (Fsp3) is 0.273. The van der Waals surface area contributed by atoms with Crippen molar-refractivity contribution in [1.29, 1.82) is 0 Å². The lowest BCUT2D eigenvalue weighted by molar-refractivity contribution is -0.146. The Hall–Kier alpha value is -2.08. The van der Waals surface area contributed by atoms with Crippen LogP contribution in [0.3, 0.4) is 0 Å². The van der Waals surface area contributed by atoms with Crippen molar-refractivity contribution in [3.63, 3.8) is 0 Å². The SMILES string of the molecule is Cc1ccc(NC(=O)NC[C@H](O)C(=O)O)cc1. The molecule has 2 amide bonds. The van der Waals surface area contributed by atoms with E-state index in [-0.39, 0.29) is 6.54 Å². The van der Waals surface area contributed by atoms with E-state index in [0.29, 0.717) is 5.69 Å². The maximum absolute atomic E-state index is 11.3. The Morgan fingerprint density at radius 2 is 1.88 bits per heavy atom. The highest BCUT2D eigenvalue weighted by atomic mass is 16.4. The lowest BCUT2D eigenvalue weighted by Crippen LogP contribution is -2.38. The van der Waals surface area contributed by atoms with Crippen LogP contribution < -0.4 is 10.6 Å². The molecule has 0 aliphatic heterocycles. The minimum atomic E-state index is -1.60. The van der Waals surface area contributed by atoms with Crippen molar-refractivity contribution >= 4 is 17.7 Å². The summed E-state index contributed by atoms with van der Waals surface area (Å²) in [4.78, 5) is 21.6. The molecule has 1 aromatic carbocycles. The molecule has 1 atom stereocenters. The van der Waals surface area contributed by atoms with Gasteiger partial charge in [0.25, 0.3) is 0 Å². The van der Waals surface area contributed by atoms with E-state index in [2.05, 4.69) is 10.6 Å². The zero-order valence-corrected chi connectivity index (χ0v) is 9.30. The van der Waals surface area contributed by atoms with Crippen LogP contribution in [0.2, 0.25) is 0 Å². The molecule has 0 unspecified atom stereocenters. The molecule has 0 radical (unpaired) electrons. The van der Waals surface area contributed by atoms with E-state index in [1.54, 1.807) is 12.1 Å². The molecule has 0 saturated heterocycles. The number of carbonyl (C=O) groups is 2. The van der Waals surface area contributed by atoms with Crippen LogP contribution in [0.25, 0.3) is 0 Å². The number of hydrogen-bond acceptors (Lipinski definition) is 3. The topological polar surface area (TPSA) is 98.7 Å². The quantitative estimate of drug-likeness (QED) is 0.616. The third kappa shape index (κ3) is 4.52. The molecule has 0 fully saturated rings. The van der Waals surface area contributed by atoms with Gasteiger partial charge in [0.2, 0.25) is 0 Å². The minimum absolute atomic E-state index is 0.340. The summed E-state index contributed by atoms with van der Waals surface area (Å²) in [6, 6.07) is 6.56. The van der Waals surface area contributed by atoms with Crippen molar-refractivity contribution in [2.45, 2.75) is 13.0 Å². The molecular weight excluding hydrogens is 224 g/mol. The van der Waals surface area contributed by atoms with Crippen LogP contribution in [0.5, 0.6) is 0 Å². The average Bonchev–Trinajstić information content (AvgIpc) is 2.29. The molecule has 0 aromatic heterocycles. The maximum Gasteiger partial charge on any atom is 0.334 e. The van der Waals surface area contributed by atoms with Gasteiger partial charge in [-0.1, -0.05) is 17.7 Å². The summed E-state index contributed by atoms with van der Waals surface area (Å²) < 4.78 is 0. The molecule has 4 N–H and O–H groups in total. The Balaban J connectivity index is 2.39. The summed E-state index contributed by atoms with van der Waals surface area (Å²) in [7, 11) is 0. The number of carboxylic acid groups (broad SMARTS) is 1. The van der Waals surface area contributed by atoms with E-state index in [0.717, 1.165) is 5.56 Å². The summed E-state index contributed by atoms with van der Waals surface area (Å²) in [6.07, 6.45) is -1.60. The Labute approximate surface area is 98.3 Å². The van der Waals surface area contributed by atoms with E-state index in [1.807, 2.05) is 19.1 Å². The van der Waals surface area contributed by atoms with Gasteiger partial charge in [0.15, 0.2) is 6.10 Å². The first kappa shape index (κ1) is 13.0. The first-order valence-corrected chi connectivity index (χ1v) is 5.01. The second kappa shape index (κ2) is 5.86. The normalized spacial score (nSPS) is 11.6. The van der Waals surface area contributed by atoms with E-state index in [4.69, 9.17) is 10.2 Å². The molecule has 0 heterocycles.